The fourth-order valence-corrected chi connectivity index (χ4v) is 2.93. The number of pyridine rings is 1. The van der Waals surface area contributed by atoms with Crippen molar-refractivity contribution in [2.45, 2.75) is 13.8 Å². The van der Waals surface area contributed by atoms with E-state index >= 15 is 0 Å². The van der Waals surface area contributed by atoms with Crippen LogP contribution in [0.5, 0.6) is 5.75 Å². The van der Waals surface area contributed by atoms with Crippen LogP contribution in [0.25, 0.3) is 10.9 Å². The van der Waals surface area contributed by atoms with E-state index < -0.39 is 0 Å². The quantitative estimate of drug-likeness (QED) is 0.526. The molecule has 1 aromatic carbocycles. The summed E-state index contributed by atoms with van der Waals surface area (Å²) in [6.07, 6.45) is 0. The molecular weight excluding hydrogens is 412 g/mol. The van der Waals surface area contributed by atoms with Crippen LogP contribution in [0.1, 0.15) is 13.8 Å². The number of halogens is 3. The molecule has 0 bridgehead atoms. The molecule has 6 heteroatoms. The van der Waals surface area contributed by atoms with Crippen LogP contribution in [-0.4, -0.2) is 17.4 Å². The second-order valence-electron chi connectivity index (χ2n) is 4.61. The minimum atomic E-state index is -0.0669. The van der Waals surface area contributed by atoms with E-state index in [1.807, 2.05) is 13.8 Å². The van der Waals surface area contributed by atoms with Gasteiger partial charge in [-0.05, 0) is 40.8 Å². The largest absolute Gasteiger partial charge is 0.482 e. The molecular formula is C14H12Cl2INO2. The summed E-state index contributed by atoms with van der Waals surface area (Å²) in [6.45, 7) is 3.69. The lowest BCUT2D eigenvalue weighted by Crippen LogP contribution is -2.17. The number of aromatic nitrogens is 1. The molecule has 0 amide bonds. The third-order valence-corrected chi connectivity index (χ3v) is 4.13. The highest BCUT2D eigenvalue weighted by atomic mass is 127. The Labute approximate surface area is 140 Å². The number of carbonyl (C=O) groups excluding carboxylic acids is 1. The average molecular weight is 424 g/mol. The highest BCUT2D eigenvalue weighted by Gasteiger charge is 2.15. The fourth-order valence-electron chi connectivity index (χ4n) is 1.62. The second kappa shape index (κ2) is 6.45. The number of ether oxygens (including phenoxy) is 1. The molecule has 1 aromatic heterocycles. The smallest absolute Gasteiger partial charge is 0.172 e. The number of rotatable bonds is 4. The van der Waals surface area contributed by atoms with Crippen molar-refractivity contribution < 1.29 is 9.53 Å². The van der Waals surface area contributed by atoms with Gasteiger partial charge in [-0.25, -0.2) is 4.98 Å². The van der Waals surface area contributed by atoms with Crippen molar-refractivity contribution in [3.05, 3.63) is 31.9 Å². The Morgan fingerprint density at radius 3 is 2.75 bits per heavy atom. The van der Waals surface area contributed by atoms with Crippen LogP contribution < -0.4 is 4.74 Å². The van der Waals surface area contributed by atoms with Crippen molar-refractivity contribution in [2.75, 3.05) is 6.61 Å². The lowest BCUT2D eigenvalue weighted by atomic mass is 10.1. The van der Waals surface area contributed by atoms with Gasteiger partial charge in [-0.2, -0.15) is 0 Å². The van der Waals surface area contributed by atoms with Gasteiger partial charge in [-0.3, -0.25) is 4.79 Å². The van der Waals surface area contributed by atoms with E-state index in [1.165, 1.54) is 0 Å². The molecule has 0 saturated heterocycles. The summed E-state index contributed by atoms with van der Waals surface area (Å²) < 4.78 is 6.44. The molecule has 0 atom stereocenters. The Kier molecular flexibility index (Phi) is 5.09. The van der Waals surface area contributed by atoms with Gasteiger partial charge in [0.1, 0.15) is 17.3 Å². The molecule has 0 aliphatic carbocycles. The Morgan fingerprint density at radius 1 is 1.40 bits per heavy atom. The van der Waals surface area contributed by atoms with E-state index in [0.29, 0.717) is 21.4 Å². The molecule has 0 N–H and O–H groups in total. The maximum Gasteiger partial charge on any atom is 0.172 e. The monoisotopic (exact) mass is 423 g/mol. The van der Waals surface area contributed by atoms with E-state index in [4.69, 9.17) is 27.9 Å². The van der Waals surface area contributed by atoms with Crippen LogP contribution in [0, 0.1) is 9.49 Å². The van der Waals surface area contributed by atoms with Crippen LogP contribution >= 0.6 is 45.8 Å². The summed E-state index contributed by atoms with van der Waals surface area (Å²) >= 11 is 14.2. The Hall–Kier alpha value is -0.590. The number of carbonyl (C=O) groups is 1. The van der Waals surface area contributed by atoms with Crippen molar-refractivity contribution in [1.82, 2.24) is 4.98 Å². The lowest BCUT2D eigenvalue weighted by Gasteiger charge is -2.12. The van der Waals surface area contributed by atoms with Crippen molar-refractivity contribution in [2.24, 2.45) is 5.92 Å². The lowest BCUT2D eigenvalue weighted by molar-refractivity contribution is -0.123. The van der Waals surface area contributed by atoms with Crippen LogP contribution in [0.15, 0.2) is 18.2 Å². The molecule has 2 aromatic rings. The predicted molar refractivity (Wildman–Crippen MR) is 89.8 cm³/mol. The molecule has 0 unspecified atom stereocenters. The van der Waals surface area contributed by atoms with Gasteiger partial charge in [0.2, 0.25) is 0 Å². The Balaban J connectivity index is 2.46. The van der Waals surface area contributed by atoms with Gasteiger partial charge >= 0.3 is 0 Å². The fraction of sp³-hybridized carbons (Fsp3) is 0.286. The maximum absolute atomic E-state index is 11.7. The van der Waals surface area contributed by atoms with Crippen molar-refractivity contribution in [3.63, 3.8) is 0 Å². The van der Waals surface area contributed by atoms with Gasteiger partial charge in [0.05, 0.1) is 8.59 Å². The minimum Gasteiger partial charge on any atom is -0.482 e. The highest BCUT2D eigenvalue weighted by molar-refractivity contribution is 14.1. The van der Waals surface area contributed by atoms with Gasteiger partial charge in [-0.1, -0.05) is 37.0 Å². The zero-order chi connectivity index (χ0) is 14.9. The molecule has 2 rings (SSSR count). The standard InChI is InChI=1S/C14H12Cl2INO2/c1-7(2)11(19)6-20-14-10(17)5-9(15)8-3-4-12(16)18-13(8)14/h3-5,7H,6H2,1-2H3. The molecule has 0 saturated carbocycles. The van der Waals surface area contributed by atoms with E-state index in [9.17, 15) is 4.79 Å². The molecule has 1 heterocycles. The summed E-state index contributed by atoms with van der Waals surface area (Å²) in [4.78, 5) is 16.0. The second-order valence-corrected chi connectivity index (χ2v) is 6.57. The number of nitrogens with zero attached hydrogens (tertiary/aromatic N) is 1. The molecule has 0 spiro atoms. The number of hydrogen-bond acceptors (Lipinski definition) is 3. The first-order chi connectivity index (χ1) is 9.40. The van der Waals surface area contributed by atoms with Crippen molar-refractivity contribution in [3.8, 4) is 5.75 Å². The first kappa shape index (κ1) is 15.8. The normalized spacial score (nSPS) is 11.1. The van der Waals surface area contributed by atoms with E-state index in [0.717, 1.165) is 8.96 Å². The van der Waals surface area contributed by atoms with E-state index in [1.54, 1.807) is 18.2 Å². The van der Waals surface area contributed by atoms with Crippen LogP contribution in [0.2, 0.25) is 10.2 Å². The number of fused-ring (bicyclic) bond motifs is 1. The van der Waals surface area contributed by atoms with E-state index in [-0.39, 0.29) is 18.3 Å². The molecule has 20 heavy (non-hydrogen) atoms. The summed E-state index contributed by atoms with van der Waals surface area (Å²) in [5.74, 6) is 0.509. The van der Waals surface area contributed by atoms with Gasteiger partial charge in [0, 0.05) is 11.3 Å². The first-order valence-electron chi connectivity index (χ1n) is 6.00. The molecule has 0 aliphatic rings. The first-order valence-corrected chi connectivity index (χ1v) is 7.83. The third-order valence-electron chi connectivity index (χ3n) is 2.81. The summed E-state index contributed by atoms with van der Waals surface area (Å²) in [7, 11) is 0. The van der Waals surface area contributed by atoms with Gasteiger partial charge in [-0.15, -0.1) is 0 Å². The molecule has 3 nitrogen and oxygen atoms in total. The number of hydrogen-bond donors (Lipinski definition) is 0. The summed E-state index contributed by atoms with van der Waals surface area (Å²) in [5, 5.41) is 1.69. The van der Waals surface area contributed by atoms with Crippen molar-refractivity contribution >= 4 is 62.5 Å². The zero-order valence-electron chi connectivity index (χ0n) is 10.9. The topological polar surface area (TPSA) is 39.2 Å². The number of benzene rings is 1. The molecule has 0 radical (unpaired) electrons. The third kappa shape index (κ3) is 3.35. The van der Waals surface area contributed by atoms with Gasteiger partial charge in [0.15, 0.2) is 11.5 Å². The molecule has 0 fully saturated rings. The Bertz CT molecular complexity index is 674. The predicted octanol–water partition coefficient (Wildman–Crippen LogP) is 4.75. The van der Waals surface area contributed by atoms with E-state index in [2.05, 4.69) is 27.6 Å². The SMILES string of the molecule is CC(C)C(=O)COc1c(I)cc(Cl)c2ccc(Cl)nc12. The van der Waals surface area contributed by atoms with Crippen LogP contribution in [0.3, 0.4) is 0 Å². The van der Waals surface area contributed by atoms with Crippen LogP contribution in [-0.2, 0) is 4.79 Å². The summed E-state index contributed by atoms with van der Waals surface area (Å²) in [6, 6.07) is 5.25. The molecule has 106 valence electrons. The summed E-state index contributed by atoms with van der Waals surface area (Å²) in [5.41, 5.74) is 0.575. The van der Waals surface area contributed by atoms with Gasteiger partial charge in [0.25, 0.3) is 0 Å². The van der Waals surface area contributed by atoms with Crippen LogP contribution in [0.4, 0.5) is 0 Å². The Morgan fingerprint density at radius 2 is 2.10 bits per heavy atom. The van der Waals surface area contributed by atoms with Gasteiger partial charge < -0.3 is 4.74 Å². The van der Waals surface area contributed by atoms with Crippen molar-refractivity contribution in [1.29, 1.82) is 0 Å². The minimum absolute atomic E-state index is 0.0125. The highest BCUT2D eigenvalue weighted by Crippen LogP contribution is 2.35. The average Bonchev–Trinajstić information content (AvgIpc) is 2.37. The number of ketones is 1. The zero-order valence-corrected chi connectivity index (χ0v) is 14.6. The maximum atomic E-state index is 11.7. The number of Topliss-reactive ketones (excluding diaryl/α,β-unsaturated/α-hetero) is 1. The molecule has 0 aliphatic heterocycles.